The molecule has 0 N–H and O–H groups in total. The van der Waals surface area contributed by atoms with Crippen LogP contribution in [0.5, 0.6) is 0 Å². The lowest BCUT2D eigenvalue weighted by atomic mass is 10.0. The number of nitrogens with zero attached hydrogens (tertiary/aromatic N) is 4. The van der Waals surface area contributed by atoms with Gasteiger partial charge in [0, 0.05) is 24.8 Å². The third-order valence-corrected chi connectivity index (χ3v) is 4.56. The van der Waals surface area contributed by atoms with Gasteiger partial charge >= 0.3 is 0 Å². The van der Waals surface area contributed by atoms with Gasteiger partial charge in [-0.3, -0.25) is 4.68 Å². The predicted octanol–water partition coefficient (Wildman–Crippen LogP) is 3.39. The average molecular weight is 298 g/mol. The van der Waals surface area contributed by atoms with Crippen molar-refractivity contribution in [2.75, 3.05) is 11.4 Å². The standard InChI is InChI=1S/C17H19FN4/c1-11-17(12(2)21(3)20-11)16-8-5-9-22(16)15-7-4-6-14(18)13(15)10-19/h4,6-7,16H,5,8-9H2,1-3H3. The Balaban J connectivity index is 2.09. The molecule has 2 heterocycles. The summed E-state index contributed by atoms with van der Waals surface area (Å²) >= 11 is 0. The van der Waals surface area contributed by atoms with Crippen LogP contribution in [0.3, 0.4) is 0 Å². The molecule has 1 saturated heterocycles. The molecule has 1 aliphatic rings. The van der Waals surface area contributed by atoms with E-state index in [4.69, 9.17) is 0 Å². The Bertz CT molecular complexity index is 757. The SMILES string of the molecule is Cc1nn(C)c(C)c1C1CCCN1c1cccc(F)c1C#N. The highest BCUT2D eigenvalue weighted by molar-refractivity contribution is 5.62. The normalized spacial score (nSPS) is 17.8. The molecular weight excluding hydrogens is 279 g/mol. The molecule has 0 bridgehead atoms. The molecule has 1 aliphatic heterocycles. The maximum Gasteiger partial charge on any atom is 0.143 e. The molecule has 4 nitrogen and oxygen atoms in total. The summed E-state index contributed by atoms with van der Waals surface area (Å²) in [4.78, 5) is 2.15. The first-order chi connectivity index (χ1) is 10.5. The number of nitriles is 1. The van der Waals surface area contributed by atoms with Crippen molar-refractivity contribution in [2.24, 2.45) is 7.05 Å². The van der Waals surface area contributed by atoms with Gasteiger partial charge in [-0.15, -0.1) is 0 Å². The van der Waals surface area contributed by atoms with E-state index in [-0.39, 0.29) is 11.6 Å². The van der Waals surface area contributed by atoms with Crippen LogP contribution < -0.4 is 4.90 Å². The molecule has 0 amide bonds. The smallest absolute Gasteiger partial charge is 0.143 e. The van der Waals surface area contributed by atoms with Gasteiger partial charge in [0.2, 0.25) is 0 Å². The quantitative estimate of drug-likeness (QED) is 0.853. The Hall–Kier alpha value is -2.35. The first kappa shape index (κ1) is 14.6. The zero-order valence-corrected chi connectivity index (χ0v) is 13.1. The number of halogens is 1. The molecule has 5 heteroatoms. The molecule has 1 aromatic carbocycles. The molecule has 2 aromatic rings. The second-order valence-electron chi connectivity index (χ2n) is 5.81. The minimum absolute atomic E-state index is 0.133. The summed E-state index contributed by atoms with van der Waals surface area (Å²) in [5, 5.41) is 13.8. The summed E-state index contributed by atoms with van der Waals surface area (Å²) < 4.78 is 15.8. The Morgan fingerprint density at radius 2 is 2.14 bits per heavy atom. The third kappa shape index (κ3) is 2.16. The van der Waals surface area contributed by atoms with E-state index in [9.17, 15) is 9.65 Å². The van der Waals surface area contributed by atoms with Crippen molar-refractivity contribution < 1.29 is 4.39 Å². The number of anilines is 1. The minimum Gasteiger partial charge on any atom is -0.363 e. The van der Waals surface area contributed by atoms with Gasteiger partial charge in [-0.05, 0) is 38.8 Å². The van der Waals surface area contributed by atoms with Crippen LogP contribution in [-0.4, -0.2) is 16.3 Å². The van der Waals surface area contributed by atoms with Crippen LogP contribution in [0.2, 0.25) is 0 Å². The molecule has 1 unspecified atom stereocenters. The van der Waals surface area contributed by atoms with E-state index in [1.54, 1.807) is 6.07 Å². The molecule has 0 spiro atoms. The fourth-order valence-electron chi connectivity index (χ4n) is 3.49. The zero-order valence-electron chi connectivity index (χ0n) is 13.1. The highest BCUT2D eigenvalue weighted by Gasteiger charge is 2.32. The lowest BCUT2D eigenvalue weighted by molar-refractivity contribution is 0.621. The maximum atomic E-state index is 13.9. The summed E-state index contributed by atoms with van der Waals surface area (Å²) in [6, 6.07) is 7.01. The van der Waals surface area contributed by atoms with Gasteiger partial charge in [0.15, 0.2) is 0 Å². The van der Waals surface area contributed by atoms with E-state index in [0.29, 0.717) is 5.69 Å². The van der Waals surface area contributed by atoms with Crippen molar-refractivity contribution in [1.29, 1.82) is 5.26 Å². The number of hydrogen-bond donors (Lipinski definition) is 0. The summed E-state index contributed by atoms with van der Waals surface area (Å²) in [5.74, 6) is -0.453. The van der Waals surface area contributed by atoms with Gasteiger partial charge in [-0.25, -0.2) is 4.39 Å². The molecule has 0 radical (unpaired) electrons. The van der Waals surface area contributed by atoms with Crippen molar-refractivity contribution in [3.63, 3.8) is 0 Å². The second kappa shape index (κ2) is 5.45. The molecule has 22 heavy (non-hydrogen) atoms. The highest BCUT2D eigenvalue weighted by atomic mass is 19.1. The molecule has 1 aromatic heterocycles. The molecular formula is C17H19FN4. The van der Waals surface area contributed by atoms with Crippen molar-refractivity contribution in [3.8, 4) is 6.07 Å². The van der Waals surface area contributed by atoms with Crippen LogP contribution in [0.15, 0.2) is 18.2 Å². The van der Waals surface area contributed by atoms with E-state index in [1.807, 2.05) is 30.8 Å². The van der Waals surface area contributed by atoms with Crippen molar-refractivity contribution in [1.82, 2.24) is 9.78 Å². The summed E-state index contributed by atoms with van der Waals surface area (Å²) in [7, 11) is 1.94. The van der Waals surface area contributed by atoms with Crippen molar-refractivity contribution in [3.05, 3.63) is 46.5 Å². The van der Waals surface area contributed by atoms with Crippen LogP contribution in [0.1, 0.15) is 41.4 Å². The lowest BCUT2D eigenvalue weighted by Crippen LogP contribution is -2.24. The summed E-state index contributed by atoms with van der Waals surface area (Å²) in [6.45, 7) is 4.90. The molecule has 114 valence electrons. The minimum atomic E-state index is -0.453. The van der Waals surface area contributed by atoms with Gasteiger partial charge in [0.1, 0.15) is 17.4 Å². The monoisotopic (exact) mass is 298 g/mol. The fourth-order valence-corrected chi connectivity index (χ4v) is 3.49. The predicted molar refractivity (Wildman–Crippen MR) is 83.1 cm³/mol. The molecule has 3 rings (SSSR count). The van der Waals surface area contributed by atoms with E-state index in [0.717, 1.165) is 30.8 Å². The van der Waals surface area contributed by atoms with E-state index < -0.39 is 5.82 Å². The van der Waals surface area contributed by atoms with Gasteiger partial charge in [-0.1, -0.05) is 6.07 Å². The molecule has 1 atom stereocenters. The van der Waals surface area contributed by atoms with E-state index in [2.05, 4.69) is 16.9 Å². The Morgan fingerprint density at radius 3 is 2.77 bits per heavy atom. The van der Waals surface area contributed by atoms with Gasteiger partial charge < -0.3 is 4.90 Å². The molecule has 1 fully saturated rings. The largest absolute Gasteiger partial charge is 0.363 e. The van der Waals surface area contributed by atoms with Crippen LogP contribution in [-0.2, 0) is 7.05 Å². The number of hydrogen-bond acceptors (Lipinski definition) is 3. The van der Waals surface area contributed by atoms with Crippen LogP contribution in [0.25, 0.3) is 0 Å². The Morgan fingerprint density at radius 1 is 1.36 bits per heavy atom. The fraction of sp³-hybridized carbons (Fsp3) is 0.412. The number of aryl methyl sites for hydroxylation is 2. The second-order valence-corrected chi connectivity index (χ2v) is 5.81. The van der Waals surface area contributed by atoms with Gasteiger partial charge in [-0.2, -0.15) is 10.4 Å². The van der Waals surface area contributed by atoms with Crippen molar-refractivity contribution in [2.45, 2.75) is 32.7 Å². The number of benzene rings is 1. The lowest BCUT2D eigenvalue weighted by Gasteiger charge is -2.28. The average Bonchev–Trinajstić information content (AvgIpc) is 3.04. The van der Waals surface area contributed by atoms with Gasteiger partial charge in [0.05, 0.1) is 17.4 Å². The zero-order chi connectivity index (χ0) is 15.9. The Labute approximate surface area is 129 Å². The summed E-state index contributed by atoms with van der Waals surface area (Å²) in [5.41, 5.74) is 4.16. The van der Waals surface area contributed by atoms with Crippen LogP contribution in [0.4, 0.5) is 10.1 Å². The van der Waals surface area contributed by atoms with E-state index in [1.165, 1.54) is 11.6 Å². The Kier molecular flexibility index (Phi) is 3.61. The van der Waals surface area contributed by atoms with Crippen molar-refractivity contribution >= 4 is 5.69 Å². The first-order valence-electron chi connectivity index (χ1n) is 7.50. The molecule has 0 saturated carbocycles. The number of rotatable bonds is 2. The third-order valence-electron chi connectivity index (χ3n) is 4.56. The molecule has 0 aliphatic carbocycles. The van der Waals surface area contributed by atoms with Crippen LogP contribution in [0, 0.1) is 31.0 Å². The topological polar surface area (TPSA) is 44.9 Å². The van der Waals surface area contributed by atoms with E-state index >= 15 is 0 Å². The highest BCUT2D eigenvalue weighted by Crippen LogP contribution is 2.40. The summed E-state index contributed by atoms with van der Waals surface area (Å²) in [6.07, 6.45) is 2.02. The maximum absolute atomic E-state index is 13.9. The number of aromatic nitrogens is 2. The first-order valence-corrected chi connectivity index (χ1v) is 7.50. The van der Waals surface area contributed by atoms with Crippen LogP contribution >= 0.6 is 0 Å². The van der Waals surface area contributed by atoms with Gasteiger partial charge in [0.25, 0.3) is 0 Å².